The highest BCUT2D eigenvalue weighted by atomic mass is 35.5. The second kappa shape index (κ2) is 4.96. The van der Waals surface area contributed by atoms with E-state index in [9.17, 15) is 10.1 Å². The summed E-state index contributed by atoms with van der Waals surface area (Å²) in [5, 5.41) is 19.2. The maximum absolute atomic E-state index is 10.8. The minimum atomic E-state index is -1.89. The van der Waals surface area contributed by atoms with Crippen molar-refractivity contribution in [2.45, 2.75) is 11.1 Å². The standard InChI is InChI=1S/C9H9ClN2O4/c1-15-7-2-3-9(10,12(13)14)8(6-7)16-5-4-11/h2-3,6,8H,5H2,1H3. The van der Waals surface area contributed by atoms with Gasteiger partial charge in [0.2, 0.25) is 0 Å². The first-order valence-corrected chi connectivity index (χ1v) is 4.69. The highest BCUT2D eigenvalue weighted by Gasteiger charge is 2.48. The van der Waals surface area contributed by atoms with Gasteiger partial charge in [0, 0.05) is 6.08 Å². The van der Waals surface area contributed by atoms with E-state index >= 15 is 0 Å². The van der Waals surface area contributed by atoms with Crippen molar-refractivity contribution in [1.82, 2.24) is 0 Å². The molecule has 0 amide bonds. The Kier molecular flexibility index (Phi) is 3.88. The van der Waals surface area contributed by atoms with Crippen molar-refractivity contribution in [1.29, 1.82) is 5.26 Å². The quantitative estimate of drug-likeness (QED) is 0.321. The summed E-state index contributed by atoms with van der Waals surface area (Å²) in [7, 11) is 1.42. The molecular weight excluding hydrogens is 236 g/mol. The zero-order valence-corrected chi connectivity index (χ0v) is 9.18. The number of methoxy groups -OCH3 is 1. The second-order valence-corrected chi connectivity index (χ2v) is 3.59. The van der Waals surface area contributed by atoms with Crippen molar-refractivity contribution in [3.8, 4) is 6.07 Å². The molecule has 0 saturated carbocycles. The fourth-order valence-electron chi connectivity index (χ4n) is 1.21. The van der Waals surface area contributed by atoms with Crippen LogP contribution in [-0.4, -0.2) is 29.7 Å². The van der Waals surface area contributed by atoms with Gasteiger partial charge in [0.15, 0.2) is 6.10 Å². The second-order valence-electron chi connectivity index (χ2n) is 2.98. The van der Waals surface area contributed by atoms with E-state index in [1.165, 1.54) is 25.3 Å². The van der Waals surface area contributed by atoms with Crippen molar-refractivity contribution >= 4 is 11.6 Å². The van der Waals surface area contributed by atoms with E-state index in [1.807, 2.05) is 0 Å². The molecule has 0 heterocycles. The fourth-order valence-corrected chi connectivity index (χ4v) is 1.40. The van der Waals surface area contributed by atoms with E-state index in [0.29, 0.717) is 5.76 Å². The Hall–Kier alpha value is -1.58. The lowest BCUT2D eigenvalue weighted by Crippen LogP contribution is -2.44. The number of hydrogen-bond donors (Lipinski definition) is 0. The van der Waals surface area contributed by atoms with E-state index < -0.39 is 16.0 Å². The normalized spacial score (nSPS) is 28.1. The predicted molar refractivity (Wildman–Crippen MR) is 55.2 cm³/mol. The maximum atomic E-state index is 10.8. The van der Waals surface area contributed by atoms with E-state index in [4.69, 9.17) is 26.3 Å². The van der Waals surface area contributed by atoms with Gasteiger partial charge in [-0.1, -0.05) is 0 Å². The Bertz CT molecular complexity index is 387. The van der Waals surface area contributed by atoms with Crippen molar-refractivity contribution in [2.24, 2.45) is 0 Å². The molecule has 0 fully saturated rings. The number of nitrogens with zero attached hydrogens (tertiary/aromatic N) is 2. The molecule has 16 heavy (non-hydrogen) atoms. The fraction of sp³-hybridized carbons (Fsp3) is 0.444. The Morgan fingerprint density at radius 2 is 2.50 bits per heavy atom. The van der Waals surface area contributed by atoms with E-state index in [2.05, 4.69) is 0 Å². The molecule has 1 aliphatic rings. The number of nitro groups is 1. The molecule has 0 aromatic rings. The summed E-state index contributed by atoms with van der Waals surface area (Å²) >= 11 is 5.81. The molecule has 0 saturated heterocycles. The molecule has 0 radical (unpaired) electrons. The molecule has 7 heteroatoms. The number of alkyl halides is 1. The van der Waals surface area contributed by atoms with Crippen molar-refractivity contribution in [3.05, 3.63) is 34.1 Å². The van der Waals surface area contributed by atoms with Crippen LogP contribution in [0, 0.1) is 21.4 Å². The lowest BCUT2D eigenvalue weighted by Gasteiger charge is -2.25. The molecule has 0 aromatic heterocycles. The molecule has 1 aliphatic carbocycles. The topological polar surface area (TPSA) is 85.4 Å². The highest BCUT2D eigenvalue weighted by Crippen LogP contribution is 2.31. The zero-order valence-electron chi connectivity index (χ0n) is 8.42. The van der Waals surface area contributed by atoms with Gasteiger partial charge in [-0.25, -0.2) is 0 Å². The van der Waals surface area contributed by atoms with Gasteiger partial charge < -0.3 is 9.47 Å². The molecular formula is C9H9ClN2O4. The molecule has 0 aromatic carbocycles. The Labute approximate surface area is 96.8 Å². The van der Waals surface area contributed by atoms with E-state index in [-0.39, 0.29) is 6.61 Å². The summed E-state index contributed by atoms with van der Waals surface area (Å²) in [6.07, 6.45) is 2.90. The largest absolute Gasteiger partial charge is 0.497 e. The number of halogens is 1. The van der Waals surface area contributed by atoms with Crippen LogP contribution in [0.5, 0.6) is 0 Å². The lowest BCUT2D eigenvalue weighted by molar-refractivity contribution is -0.538. The molecule has 0 aliphatic heterocycles. The summed E-state index contributed by atoms with van der Waals surface area (Å²) in [5.41, 5.74) is 0. The number of rotatable bonds is 4. The van der Waals surface area contributed by atoms with Crippen LogP contribution < -0.4 is 0 Å². The number of ether oxygens (including phenoxy) is 2. The third-order valence-corrected chi connectivity index (χ3v) is 2.52. The van der Waals surface area contributed by atoms with Gasteiger partial charge in [0.1, 0.15) is 12.4 Å². The minimum absolute atomic E-state index is 0.283. The van der Waals surface area contributed by atoms with E-state index in [0.717, 1.165) is 0 Å². The summed E-state index contributed by atoms with van der Waals surface area (Å²) in [5.74, 6) is 0.404. The average Bonchev–Trinajstić information content (AvgIpc) is 2.27. The first kappa shape index (κ1) is 12.5. The molecule has 0 N–H and O–H groups in total. The summed E-state index contributed by atoms with van der Waals surface area (Å²) in [6, 6.07) is 1.73. The molecule has 6 nitrogen and oxygen atoms in total. The average molecular weight is 245 g/mol. The smallest absolute Gasteiger partial charge is 0.343 e. The number of allylic oxidation sites excluding steroid dienone is 1. The van der Waals surface area contributed by atoms with Gasteiger partial charge in [-0.05, 0) is 23.8 Å². The third kappa shape index (κ3) is 2.32. The summed E-state index contributed by atoms with van der Waals surface area (Å²) in [4.78, 5) is 8.27. The van der Waals surface area contributed by atoms with Crippen LogP contribution in [0.2, 0.25) is 0 Å². The Balaban J connectivity index is 2.95. The van der Waals surface area contributed by atoms with Crippen LogP contribution in [-0.2, 0) is 9.47 Å². The lowest BCUT2D eigenvalue weighted by atomic mass is 10.0. The van der Waals surface area contributed by atoms with Gasteiger partial charge in [-0.3, -0.25) is 10.1 Å². The molecule has 2 unspecified atom stereocenters. The third-order valence-electron chi connectivity index (χ3n) is 2.04. The predicted octanol–water partition coefficient (Wildman–Crippen LogP) is 1.21. The van der Waals surface area contributed by atoms with Gasteiger partial charge >= 0.3 is 5.00 Å². The summed E-state index contributed by atoms with van der Waals surface area (Å²) in [6.45, 7) is -0.283. The first-order chi connectivity index (χ1) is 7.54. The van der Waals surface area contributed by atoms with Crippen LogP contribution in [0.1, 0.15) is 0 Å². The van der Waals surface area contributed by atoms with Crippen LogP contribution in [0.25, 0.3) is 0 Å². The number of hydrogen-bond acceptors (Lipinski definition) is 5. The Morgan fingerprint density at radius 3 is 3.00 bits per heavy atom. The van der Waals surface area contributed by atoms with Gasteiger partial charge in [0.25, 0.3) is 0 Å². The molecule has 2 atom stereocenters. The Morgan fingerprint density at radius 1 is 1.81 bits per heavy atom. The zero-order chi connectivity index (χ0) is 12.2. The first-order valence-electron chi connectivity index (χ1n) is 4.31. The van der Waals surface area contributed by atoms with Gasteiger partial charge in [0.05, 0.1) is 18.1 Å². The molecule has 86 valence electrons. The summed E-state index contributed by atoms with van der Waals surface area (Å²) < 4.78 is 9.90. The van der Waals surface area contributed by atoms with Crippen molar-refractivity contribution in [2.75, 3.05) is 13.7 Å². The molecule has 0 bridgehead atoms. The molecule has 1 rings (SSSR count). The van der Waals surface area contributed by atoms with Gasteiger partial charge in [-0.15, -0.1) is 0 Å². The maximum Gasteiger partial charge on any atom is 0.343 e. The van der Waals surface area contributed by atoms with Crippen molar-refractivity contribution < 1.29 is 14.4 Å². The van der Waals surface area contributed by atoms with Crippen LogP contribution in [0.3, 0.4) is 0 Å². The van der Waals surface area contributed by atoms with Crippen LogP contribution in [0.15, 0.2) is 24.0 Å². The van der Waals surface area contributed by atoms with Crippen molar-refractivity contribution in [3.63, 3.8) is 0 Å². The minimum Gasteiger partial charge on any atom is -0.497 e. The van der Waals surface area contributed by atoms with Crippen LogP contribution in [0.4, 0.5) is 0 Å². The van der Waals surface area contributed by atoms with Crippen LogP contribution >= 0.6 is 11.6 Å². The number of nitriles is 1. The monoisotopic (exact) mass is 244 g/mol. The SMILES string of the molecule is COC1=CC(OCC#N)C(Cl)([N+](=O)[O-])C=C1. The van der Waals surface area contributed by atoms with Gasteiger partial charge in [-0.2, -0.15) is 5.26 Å². The molecule has 0 spiro atoms. The highest BCUT2D eigenvalue weighted by molar-refractivity contribution is 6.24. The van der Waals surface area contributed by atoms with E-state index in [1.54, 1.807) is 6.07 Å².